The van der Waals surface area contributed by atoms with Gasteiger partial charge in [0.25, 0.3) is 0 Å². The van der Waals surface area contributed by atoms with Gasteiger partial charge in [0.2, 0.25) is 5.89 Å². The molecule has 7 nitrogen and oxygen atoms in total. The quantitative estimate of drug-likeness (QED) is 0.236. The van der Waals surface area contributed by atoms with Crippen LogP contribution in [-0.2, 0) is 13.1 Å². The number of aromatic nitrogens is 1. The molecule has 0 fully saturated rings. The Hall–Kier alpha value is -2.75. The lowest BCUT2D eigenvalue weighted by atomic mass is 10.2. The molecule has 0 bridgehead atoms. The van der Waals surface area contributed by atoms with E-state index in [4.69, 9.17) is 13.9 Å². The molecule has 0 saturated carbocycles. The number of methoxy groups -OCH3 is 1. The molecule has 166 valence electrons. The highest BCUT2D eigenvalue weighted by Gasteiger charge is 2.08. The summed E-state index contributed by atoms with van der Waals surface area (Å²) in [5, 5.41) is 6.54. The van der Waals surface area contributed by atoms with Crippen molar-refractivity contribution in [2.24, 2.45) is 4.99 Å². The summed E-state index contributed by atoms with van der Waals surface area (Å²) >= 11 is 0. The molecule has 8 heteroatoms. The van der Waals surface area contributed by atoms with Gasteiger partial charge in [0, 0.05) is 19.2 Å². The fourth-order valence-corrected chi connectivity index (χ4v) is 2.84. The van der Waals surface area contributed by atoms with E-state index < -0.39 is 0 Å². The zero-order chi connectivity index (χ0) is 21.2. The molecule has 0 atom stereocenters. The average molecular weight is 536 g/mol. The van der Waals surface area contributed by atoms with Crippen molar-refractivity contribution in [2.75, 3.05) is 20.8 Å². The lowest BCUT2D eigenvalue weighted by Gasteiger charge is -2.14. The smallest absolute Gasteiger partial charge is 0.226 e. The average Bonchev–Trinajstić information content (AvgIpc) is 3.27. The summed E-state index contributed by atoms with van der Waals surface area (Å²) in [5.74, 6) is 2.75. The number of guanidine groups is 1. The summed E-state index contributed by atoms with van der Waals surface area (Å²) in [7, 11) is 3.38. The third kappa shape index (κ3) is 7.16. The first kappa shape index (κ1) is 24.5. The highest BCUT2D eigenvalue weighted by atomic mass is 127. The summed E-state index contributed by atoms with van der Waals surface area (Å²) < 4.78 is 16.7. The van der Waals surface area contributed by atoms with E-state index in [2.05, 4.69) is 27.5 Å². The van der Waals surface area contributed by atoms with Crippen molar-refractivity contribution in [3.05, 3.63) is 66.1 Å². The number of hydrogen-bond acceptors (Lipinski definition) is 5. The molecule has 3 rings (SSSR count). The molecular weight excluding hydrogens is 507 g/mol. The number of oxazole rings is 1. The van der Waals surface area contributed by atoms with Crippen molar-refractivity contribution < 1.29 is 13.9 Å². The van der Waals surface area contributed by atoms with Crippen molar-refractivity contribution in [1.29, 1.82) is 0 Å². The standard InChI is InChI=1S/C23H28N4O3.HI/c1-4-12-29-20-11-10-17(13-21(20)28-3)14-25-23(24-2)26-15-19-16-30-22(27-19)18-8-6-5-7-9-18;/h5-11,13,16H,4,12,14-15H2,1-3H3,(H2,24,25,26);1H. The molecule has 31 heavy (non-hydrogen) atoms. The number of ether oxygens (including phenoxy) is 2. The minimum Gasteiger partial charge on any atom is -0.493 e. The van der Waals surface area contributed by atoms with Gasteiger partial charge in [-0.2, -0.15) is 0 Å². The molecule has 0 unspecified atom stereocenters. The fraction of sp³-hybridized carbons (Fsp3) is 0.304. The van der Waals surface area contributed by atoms with Crippen molar-refractivity contribution in [3.8, 4) is 23.0 Å². The summed E-state index contributed by atoms with van der Waals surface area (Å²) in [6.07, 6.45) is 2.61. The van der Waals surface area contributed by atoms with Crippen LogP contribution in [0.25, 0.3) is 11.5 Å². The Labute approximate surface area is 200 Å². The SMILES string of the molecule is CCCOc1ccc(CNC(=NC)NCc2coc(-c3ccccc3)n2)cc1OC.I. The van der Waals surface area contributed by atoms with Gasteiger partial charge in [-0.05, 0) is 36.2 Å². The number of rotatable bonds is 9. The van der Waals surface area contributed by atoms with Gasteiger partial charge in [0.1, 0.15) is 6.26 Å². The maximum Gasteiger partial charge on any atom is 0.226 e. The largest absolute Gasteiger partial charge is 0.493 e. The lowest BCUT2D eigenvalue weighted by Crippen LogP contribution is -2.36. The highest BCUT2D eigenvalue weighted by molar-refractivity contribution is 14.0. The van der Waals surface area contributed by atoms with Gasteiger partial charge in [0.05, 0.1) is 26.0 Å². The maximum absolute atomic E-state index is 5.70. The monoisotopic (exact) mass is 536 g/mol. The highest BCUT2D eigenvalue weighted by Crippen LogP contribution is 2.28. The third-order valence-electron chi connectivity index (χ3n) is 4.38. The number of hydrogen-bond donors (Lipinski definition) is 2. The van der Waals surface area contributed by atoms with Gasteiger partial charge in [-0.15, -0.1) is 24.0 Å². The molecule has 0 aliphatic rings. The molecule has 0 aliphatic heterocycles. The van der Waals surface area contributed by atoms with Gasteiger partial charge in [-0.3, -0.25) is 4.99 Å². The second-order valence-corrected chi connectivity index (χ2v) is 6.62. The Morgan fingerprint density at radius 3 is 2.55 bits per heavy atom. The molecule has 0 saturated heterocycles. The molecule has 2 N–H and O–H groups in total. The van der Waals surface area contributed by atoms with Crippen LogP contribution in [0.5, 0.6) is 11.5 Å². The molecule has 0 spiro atoms. The molecule has 0 aliphatic carbocycles. The van der Waals surface area contributed by atoms with Crippen LogP contribution < -0.4 is 20.1 Å². The topological polar surface area (TPSA) is 80.9 Å². The molecule has 2 aromatic carbocycles. The zero-order valence-corrected chi connectivity index (χ0v) is 20.4. The van der Waals surface area contributed by atoms with Gasteiger partial charge in [-0.1, -0.05) is 31.2 Å². The Balaban J connectivity index is 0.00000341. The zero-order valence-electron chi connectivity index (χ0n) is 18.1. The predicted octanol–water partition coefficient (Wildman–Crippen LogP) is 4.62. The van der Waals surface area contributed by atoms with Crippen molar-refractivity contribution >= 4 is 29.9 Å². The van der Waals surface area contributed by atoms with Crippen LogP contribution in [-0.4, -0.2) is 31.7 Å². The molecule has 1 heterocycles. The minimum absolute atomic E-state index is 0. The third-order valence-corrected chi connectivity index (χ3v) is 4.38. The number of halogens is 1. The first-order chi connectivity index (χ1) is 14.7. The molecule has 1 aromatic heterocycles. The van der Waals surface area contributed by atoms with Crippen LogP contribution >= 0.6 is 24.0 Å². The number of nitrogens with zero attached hydrogens (tertiary/aromatic N) is 2. The van der Waals surface area contributed by atoms with E-state index in [1.807, 2.05) is 48.5 Å². The Morgan fingerprint density at radius 2 is 1.84 bits per heavy atom. The molecule has 0 radical (unpaired) electrons. The second kappa shape index (κ2) is 12.8. The van der Waals surface area contributed by atoms with Crippen LogP contribution in [0.4, 0.5) is 0 Å². The van der Waals surface area contributed by atoms with Crippen LogP contribution in [0.1, 0.15) is 24.6 Å². The Bertz CT molecular complexity index is 960. The van der Waals surface area contributed by atoms with Gasteiger partial charge in [-0.25, -0.2) is 4.98 Å². The predicted molar refractivity (Wildman–Crippen MR) is 133 cm³/mol. The van der Waals surface area contributed by atoms with E-state index in [9.17, 15) is 0 Å². The van der Waals surface area contributed by atoms with Crippen molar-refractivity contribution in [1.82, 2.24) is 15.6 Å². The fourth-order valence-electron chi connectivity index (χ4n) is 2.84. The maximum atomic E-state index is 5.70. The summed E-state index contributed by atoms with van der Waals surface area (Å²) in [4.78, 5) is 8.78. The lowest BCUT2D eigenvalue weighted by molar-refractivity contribution is 0.294. The van der Waals surface area contributed by atoms with Crippen LogP contribution in [0.3, 0.4) is 0 Å². The summed E-state index contributed by atoms with van der Waals surface area (Å²) in [5.41, 5.74) is 2.81. The number of benzene rings is 2. The van der Waals surface area contributed by atoms with E-state index >= 15 is 0 Å². The van der Waals surface area contributed by atoms with E-state index in [-0.39, 0.29) is 24.0 Å². The van der Waals surface area contributed by atoms with Crippen molar-refractivity contribution in [2.45, 2.75) is 26.4 Å². The van der Waals surface area contributed by atoms with Gasteiger partial charge in [0.15, 0.2) is 17.5 Å². The molecule has 0 amide bonds. The van der Waals surface area contributed by atoms with E-state index in [1.54, 1.807) is 20.4 Å². The first-order valence-electron chi connectivity index (χ1n) is 9.97. The molecule has 3 aromatic rings. The number of nitrogens with one attached hydrogen (secondary N) is 2. The van der Waals surface area contributed by atoms with E-state index in [0.29, 0.717) is 31.5 Å². The Kier molecular flexibility index (Phi) is 10.2. The Morgan fingerprint density at radius 1 is 1.06 bits per heavy atom. The second-order valence-electron chi connectivity index (χ2n) is 6.62. The van der Waals surface area contributed by atoms with Gasteiger partial charge >= 0.3 is 0 Å². The minimum atomic E-state index is 0. The van der Waals surface area contributed by atoms with Gasteiger partial charge < -0.3 is 24.5 Å². The van der Waals surface area contributed by atoms with Crippen LogP contribution in [0.2, 0.25) is 0 Å². The normalized spacial score (nSPS) is 10.9. The van der Waals surface area contributed by atoms with E-state index in [1.165, 1.54) is 0 Å². The first-order valence-corrected chi connectivity index (χ1v) is 9.97. The van der Waals surface area contributed by atoms with Crippen LogP contribution in [0.15, 0.2) is 64.2 Å². The van der Waals surface area contributed by atoms with Crippen LogP contribution in [0, 0.1) is 0 Å². The van der Waals surface area contributed by atoms with Crippen molar-refractivity contribution in [3.63, 3.8) is 0 Å². The number of aliphatic imine (C=N–C) groups is 1. The summed E-state index contributed by atoms with van der Waals surface area (Å²) in [6, 6.07) is 15.7. The molecular formula is C23H29IN4O3. The summed E-state index contributed by atoms with van der Waals surface area (Å²) in [6.45, 7) is 3.84. The van der Waals surface area contributed by atoms with E-state index in [0.717, 1.165) is 34.7 Å².